The molecule has 2 aromatic rings. The summed E-state index contributed by atoms with van der Waals surface area (Å²) in [4.78, 5) is 12.0. The molecule has 1 amide bonds. The lowest BCUT2D eigenvalue weighted by Crippen LogP contribution is -2.23. The van der Waals surface area contributed by atoms with Gasteiger partial charge in [0.1, 0.15) is 5.82 Å². The fourth-order valence-corrected chi connectivity index (χ4v) is 2.80. The number of carbonyl (C=O) groups excluding carboxylic acids is 1. The third kappa shape index (κ3) is 3.02. The molecule has 1 atom stereocenters. The lowest BCUT2D eigenvalue weighted by molar-refractivity contribution is -0.116. The second kappa shape index (κ2) is 6.32. The molecule has 23 heavy (non-hydrogen) atoms. The summed E-state index contributed by atoms with van der Waals surface area (Å²) in [6, 6.07) is 5.78. The molecule has 3 rings (SSSR count). The van der Waals surface area contributed by atoms with Gasteiger partial charge in [0.15, 0.2) is 11.5 Å². The minimum Gasteiger partial charge on any atom is -0.493 e. The molecule has 0 unspecified atom stereocenters. The van der Waals surface area contributed by atoms with E-state index in [1.807, 2.05) is 18.2 Å². The van der Waals surface area contributed by atoms with Crippen LogP contribution in [0.15, 0.2) is 24.4 Å². The quantitative estimate of drug-likeness (QED) is 0.889. The molecular weight excluding hydrogens is 294 g/mol. The van der Waals surface area contributed by atoms with E-state index in [1.54, 1.807) is 13.3 Å². The number of nitrogens with one attached hydrogen (secondary N) is 2. The van der Waals surface area contributed by atoms with Gasteiger partial charge in [-0.15, -0.1) is 0 Å². The standard InChI is InChI=1S/C17H21N3O3/c1-10(2)9-23-16-11(5-4-6-14(16)22-3)12-7-15(21)19-17-13(12)8-18-20-17/h4-6,8,10,12H,7,9H2,1-3H3,(H2,18,19,20,21)/t12-/m0/s1. The van der Waals surface area contributed by atoms with E-state index in [2.05, 4.69) is 29.4 Å². The largest absolute Gasteiger partial charge is 0.493 e. The van der Waals surface area contributed by atoms with Gasteiger partial charge in [-0.2, -0.15) is 5.10 Å². The van der Waals surface area contributed by atoms with Crippen LogP contribution in [0.2, 0.25) is 0 Å². The van der Waals surface area contributed by atoms with Crippen molar-refractivity contribution < 1.29 is 14.3 Å². The molecular formula is C17H21N3O3. The van der Waals surface area contributed by atoms with Gasteiger partial charge in [0.05, 0.1) is 19.9 Å². The van der Waals surface area contributed by atoms with Crippen molar-refractivity contribution in [2.45, 2.75) is 26.2 Å². The lowest BCUT2D eigenvalue weighted by atomic mass is 9.86. The number of nitrogens with zero attached hydrogens (tertiary/aromatic N) is 1. The normalized spacial score (nSPS) is 16.9. The van der Waals surface area contributed by atoms with Gasteiger partial charge in [-0.1, -0.05) is 26.0 Å². The maximum absolute atomic E-state index is 12.0. The molecule has 1 aliphatic heterocycles. The summed E-state index contributed by atoms with van der Waals surface area (Å²) in [5.41, 5.74) is 1.91. The van der Waals surface area contributed by atoms with E-state index in [9.17, 15) is 4.79 Å². The first-order valence-electron chi connectivity index (χ1n) is 7.73. The molecule has 2 N–H and O–H groups in total. The highest BCUT2D eigenvalue weighted by Gasteiger charge is 2.31. The number of H-pyrrole nitrogens is 1. The van der Waals surface area contributed by atoms with Crippen LogP contribution >= 0.6 is 0 Å². The number of carbonyl (C=O) groups is 1. The zero-order chi connectivity index (χ0) is 16.4. The van der Waals surface area contributed by atoms with Crippen LogP contribution in [-0.4, -0.2) is 29.8 Å². The average molecular weight is 315 g/mol. The molecule has 0 fully saturated rings. The predicted molar refractivity (Wildman–Crippen MR) is 87.0 cm³/mol. The topological polar surface area (TPSA) is 76.2 Å². The average Bonchev–Trinajstić information content (AvgIpc) is 2.99. The van der Waals surface area contributed by atoms with E-state index >= 15 is 0 Å². The van der Waals surface area contributed by atoms with Gasteiger partial charge in [-0.3, -0.25) is 9.89 Å². The summed E-state index contributed by atoms with van der Waals surface area (Å²) in [7, 11) is 1.62. The molecule has 0 bridgehead atoms. The number of rotatable bonds is 5. The Morgan fingerprint density at radius 2 is 2.17 bits per heavy atom. The van der Waals surface area contributed by atoms with Crippen molar-refractivity contribution in [2.24, 2.45) is 5.92 Å². The van der Waals surface area contributed by atoms with Crippen LogP contribution in [-0.2, 0) is 4.79 Å². The Morgan fingerprint density at radius 1 is 1.35 bits per heavy atom. The summed E-state index contributed by atoms with van der Waals surface area (Å²) in [6.07, 6.45) is 2.11. The highest BCUT2D eigenvalue weighted by Crippen LogP contribution is 2.43. The lowest BCUT2D eigenvalue weighted by Gasteiger charge is -2.25. The van der Waals surface area contributed by atoms with Gasteiger partial charge >= 0.3 is 0 Å². The second-order valence-electron chi connectivity index (χ2n) is 6.09. The molecule has 1 aromatic carbocycles. The van der Waals surface area contributed by atoms with Crippen LogP contribution < -0.4 is 14.8 Å². The van der Waals surface area contributed by atoms with E-state index in [0.29, 0.717) is 36.3 Å². The van der Waals surface area contributed by atoms with Gasteiger partial charge in [-0.25, -0.2) is 0 Å². The first-order chi connectivity index (χ1) is 11.1. The van der Waals surface area contributed by atoms with Crippen molar-refractivity contribution in [3.05, 3.63) is 35.5 Å². The SMILES string of the molecule is COc1cccc([C@@H]2CC(=O)Nc3[nH]ncc32)c1OCC(C)C. The van der Waals surface area contributed by atoms with Crippen LogP contribution in [0.1, 0.15) is 37.3 Å². The summed E-state index contributed by atoms with van der Waals surface area (Å²) < 4.78 is 11.5. The van der Waals surface area contributed by atoms with Crippen molar-refractivity contribution in [3.8, 4) is 11.5 Å². The number of para-hydroxylation sites is 1. The molecule has 1 aromatic heterocycles. The van der Waals surface area contributed by atoms with Crippen LogP contribution in [0.25, 0.3) is 0 Å². The monoisotopic (exact) mass is 315 g/mol. The molecule has 1 aliphatic rings. The Bertz CT molecular complexity index is 709. The Labute approximate surface area is 135 Å². The van der Waals surface area contributed by atoms with E-state index in [-0.39, 0.29) is 11.8 Å². The first-order valence-corrected chi connectivity index (χ1v) is 7.73. The maximum Gasteiger partial charge on any atom is 0.226 e. The highest BCUT2D eigenvalue weighted by atomic mass is 16.5. The summed E-state index contributed by atoms with van der Waals surface area (Å²) in [6.45, 7) is 4.78. The minimum atomic E-state index is -0.102. The summed E-state index contributed by atoms with van der Waals surface area (Å²) in [5.74, 6) is 2.30. The van der Waals surface area contributed by atoms with Crippen LogP contribution in [0.5, 0.6) is 11.5 Å². The third-order valence-corrected chi connectivity index (χ3v) is 3.86. The number of hydrogen-bond acceptors (Lipinski definition) is 4. The van der Waals surface area contributed by atoms with E-state index in [4.69, 9.17) is 9.47 Å². The number of methoxy groups -OCH3 is 1. The van der Waals surface area contributed by atoms with Crippen molar-refractivity contribution in [1.82, 2.24) is 10.2 Å². The van der Waals surface area contributed by atoms with Gasteiger partial charge < -0.3 is 14.8 Å². The molecule has 0 saturated heterocycles. The molecule has 0 radical (unpaired) electrons. The number of hydrogen-bond donors (Lipinski definition) is 2. The Morgan fingerprint density at radius 3 is 2.91 bits per heavy atom. The van der Waals surface area contributed by atoms with Gasteiger partial charge in [0.25, 0.3) is 0 Å². The third-order valence-electron chi connectivity index (χ3n) is 3.86. The van der Waals surface area contributed by atoms with Gasteiger partial charge in [0.2, 0.25) is 5.91 Å². The van der Waals surface area contributed by atoms with Gasteiger partial charge in [0, 0.05) is 23.5 Å². The molecule has 6 heteroatoms. The molecule has 0 spiro atoms. The Balaban J connectivity index is 2.04. The van der Waals surface area contributed by atoms with E-state index in [1.165, 1.54) is 0 Å². The molecule has 2 heterocycles. The number of ether oxygens (including phenoxy) is 2. The zero-order valence-electron chi connectivity index (χ0n) is 13.6. The number of aromatic nitrogens is 2. The molecule has 6 nitrogen and oxygen atoms in total. The van der Waals surface area contributed by atoms with Crippen molar-refractivity contribution >= 4 is 11.7 Å². The molecule has 0 aliphatic carbocycles. The first kappa shape index (κ1) is 15.4. The number of anilines is 1. The van der Waals surface area contributed by atoms with E-state index in [0.717, 1.165) is 11.1 Å². The van der Waals surface area contributed by atoms with Crippen molar-refractivity contribution in [2.75, 3.05) is 19.0 Å². The zero-order valence-corrected chi connectivity index (χ0v) is 13.6. The number of fused-ring (bicyclic) bond motifs is 1. The van der Waals surface area contributed by atoms with E-state index < -0.39 is 0 Å². The number of amides is 1. The smallest absolute Gasteiger partial charge is 0.226 e. The van der Waals surface area contributed by atoms with Crippen LogP contribution in [0.4, 0.5) is 5.82 Å². The van der Waals surface area contributed by atoms with Crippen molar-refractivity contribution in [1.29, 1.82) is 0 Å². The number of aromatic amines is 1. The fourth-order valence-electron chi connectivity index (χ4n) is 2.80. The maximum atomic E-state index is 12.0. The summed E-state index contributed by atoms with van der Waals surface area (Å²) in [5, 5.41) is 9.69. The fraction of sp³-hybridized carbons (Fsp3) is 0.412. The van der Waals surface area contributed by atoms with Crippen molar-refractivity contribution in [3.63, 3.8) is 0 Å². The minimum absolute atomic E-state index is 0.0376. The number of benzene rings is 1. The Hall–Kier alpha value is -2.50. The second-order valence-corrected chi connectivity index (χ2v) is 6.09. The summed E-state index contributed by atoms with van der Waals surface area (Å²) >= 11 is 0. The van der Waals surface area contributed by atoms with Gasteiger partial charge in [-0.05, 0) is 12.0 Å². The molecule has 122 valence electrons. The molecule has 0 saturated carbocycles. The predicted octanol–water partition coefficient (Wildman–Crippen LogP) is 2.93. The van der Waals surface area contributed by atoms with Crippen LogP contribution in [0.3, 0.4) is 0 Å². The highest BCUT2D eigenvalue weighted by molar-refractivity contribution is 5.94. The van der Waals surface area contributed by atoms with Crippen LogP contribution in [0, 0.1) is 5.92 Å². The Kier molecular flexibility index (Phi) is 4.23.